The molecule has 1 aromatic heterocycles. The average Bonchev–Trinajstić information content (AvgIpc) is 2.91. The topological polar surface area (TPSA) is 97.5 Å². The average molecular weight is 398 g/mol. The van der Waals surface area contributed by atoms with Gasteiger partial charge in [0.05, 0.1) is 10.6 Å². The molecule has 1 fully saturated rings. The van der Waals surface area contributed by atoms with E-state index in [4.69, 9.17) is 12.2 Å². The third-order valence-electron chi connectivity index (χ3n) is 4.72. The summed E-state index contributed by atoms with van der Waals surface area (Å²) in [6.07, 6.45) is 1.51. The molecule has 144 valence electrons. The zero-order chi connectivity index (χ0) is 20.7. The van der Waals surface area contributed by atoms with Gasteiger partial charge in [-0.2, -0.15) is 0 Å². The second-order valence-electron chi connectivity index (χ2n) is 6.57. The highest BCUT2D eigenvalue weighted by atomic mass is 32.1. The highest BCUT2D eigenvalue weighted by Crippen LogP contribution is 2.27. The lowest BCUT2D eigenvalue weighted by Gasteiger charge is -2.25. The van der Waals surface area contributed by atoms with E-state index in [9.17, 15) is 19.7 Å². The third-order valence-corrected chi connectivity index (χ3v) is 5.10. The number of nitro benzene ring substituents is 1. The first-order valence-corrected chi connectivity index (χ1v) is 8.82. The highest BCUT2D eigenvalue weighted by Gasteiger charge is 2.31. The number of aryl methyl sites for hydroxylation is 2. The molecule has 1 aliphatic heterocycles. The standard InChI is InChI=1S/C19H18N4O4S/c1-10-5-6-14(9-16(10)23(26)27)22-11(2)7-13(12(22)3)8-15-17(24)20-19(28)21(4)18(15)25/h5-9H,1-4H3,(H,20,24,28)/b15-8+. The summed E-state index contributed by atoms with van der Waals surface area (Å²) in [6.45, 7) is 5.36. The number of hydrogen-bond acceptors (Lipinski definition) is 5. The van der Waals surface area contributed by atoms with Gasteiger partial charge in [-0.15, -0.1) is 0 Å². The second-order valence-corrected chi connectivity index (χ2v) is 6.96. The lowest BCUT2D eigenvalue weighted by atomic mass is 10.1. The molecule has 28 heavy (non-hydrogen) atoms. The van der Waals surface area contributed by atoms with Crippen LogP contribution in [0.1, 0.15) is 22.5 Å². The number of benzene rings is 1. The molecule has 9 heteroatoms. The first-order chi connectivity index (χ1) is 13.1. The van der Waals surface area contributed by atoms with Crippen LogP contribution in [0.4, 0.5) is 5.69 Å². The fourth-order valence-electron chi connectivity index (χ4n) is 3.17. The summed E-state index contributed by atoms with van der Waals surface area (Å²) in [5.41, 5.74) is 3.44. The van der Waals surface area contributed by atoms with Crippen LogP contribution in [0.15, 0.2) is 29.8 Å². The zero-order valence-corrected chi connectivity index (χ0v) is 16.6. The molecule has 0 radical (unpaired) electrons. The Labute approximate surface area is 166 Å². The lowest BCUT2D eigenvalue weighted by Crippen LogP contribution is -2.52. The molecule has 2 aromatic rings. The summed E-state index contributed by atoms with van der Waals surface area (Å²) in [5.74, 6) is -1.03. The van der Waals surface area contributed by atoms with Crippen LogP contribution in [-0.4, -0.2) is 38.4 Å². The van der Waals surface area contributed by atoms with Crippen molar-refractivity contribution in [2.75, 3.05) is 7.05 Å². The van der Waals surface area contributed by atoms with Gasteiger partial charge in [0, 0.05) is 30.1 Å². The molecule has 0 aliphatic carbocycles. The van der Waals surface area contributed by atoms with Crippen molar-refractivity contribution in [3.05, 3.63) is 62.5 Å². The van der Waals surface area contributed by atoms with Crippen LogP contribution in [-0.2, 0) is 9.59 Å². The minimum Gasteiger partial charge on any atom is -0.318 e. The van der Waals surface area contributed by atoms with Crippen LogP contribution in [0.2, 0.25) is 0 Å². The van der Waals surface area contributed by atoms with Crippen LogP contribution >= 0.6 is 12.2 Å². The Morgan fingerprint density at radius 2 is 1.86 bits per heavy atom. The van der Waals surface area contributed by atoms with Gasteiger partial charge in [-0.25, -0.2) is 0 Å². The summed E-state index contributed by atoms with van der Waals surface area (Å²) in [6, 6.07) is 6.82. The van der Waals surface area contributed by atoms with Crippen LogP contribution in [0.25, 0.3) is 11.8 Å². The number of amides is 2. The lowest BCUT2D eigenvalue weighted by molar-refractivity contribution is -0.385. The quantitative estimate of drug-likeness (QED) is 0.282. The van der Waals surface area contributed by atoms with Gasteiger partial charge in [0.1, 0.15) is 5.57 Å². The van der Waals surface area contributed by atoms with Gasteiger partial charge in [0.15, 0.2) is 5.11 Å². The molecule has 2 amide bonds. The summed E-state index contributed by atoms with van der Waals surface area (Å²) in [4.78, 5) is 36.7. The summed E-state index contributed by atoms with van der Waals surface area (Å²) < 4.78 is 1.85. The summed E-state index contributed by atoms with van der Waals surface area (Å²) in [5, 5.41) is 13.8. The van der Waals surface area contributed by atoms with Gasteiger partial charge in [-0.3, -0.25) is 29.9 Å². The fraction of sp³-hybridized carbons (Fsp3) is 0.211. The second kappa shape index (κ2) is 7.01. The zero-order valence-electron chi connectivity index (χ0n) is 15.8. The predicted octanol–water partition coefficient (Wildman–Crippen LogP) is 2.57. The first kappa shape index (κ1) is 19.4. The maximum Gasteiger partial charge on any atom is 0.274 e. The molecule has 0 unspecified atom stereocenters. The molecule has 0 bridgehead atoms. The SMILES string of the molecule is Cc1ccc(-n2c(C)cc(/C=C3\C(=O)NC(=S)N(C)C3=O)c2C)cc1[N+](=O)[O-]. The molecular weight excluding hydrogens is 380 g/mol. The molecule has 2 heterocycles. The Hall–Kier alpha value is -3.33. The molecule has 0 spiro atoms. The smallest absolute Gasteiger partial charge is 0.274 e. The number of nitrogens with one attached hydrogen (secondary N) is 1. The molecule has 0 atom stereocenters. The molecule has 8 nitrogen and oxygen atoms in total. The van der Waals surface area contributed by atoms with Crippen molar-refractivity contribution >= 4 is 40.9 Å². The molecule has 1 N–H and O–H groups in total. The van der Waals surface area contributed by atoms with Gasteiger partial charge in [-0.1, -0.05) is 6.07 Å². The van der Waals surface area contributed by atoms with Crippen LogP contribution in [0.3, 0.4) is 0 Å². The van der Waals surface area contributed by atoms with Gasteiger partial charge in [0.2, 0.25) is 0 Å². The Morgan fingerprint density at radius 1 is 1.18 bits per heavy atom. The van der Waals surface area contributed by atoms with Gasteiger partial charge in [0.25, 0.3) is 17.5 Å². The number of nitro groups is 1. The van der Waals surface area contributed by atoms with E-state index in [1.807, 2.05) is 24.5 Å². The van der Waals surface area contributed by atoms with Crippen molar-refractivity contribution in [3.8, 4) is 5.69 Å². The van der Waals surface area contributed by atoms with Gasteiger partial charge in [-0.05, 0) is 56.8 Å². The van der Waals surface area contributed by atoms with E-state index in [-0.39, 0.29) is 16.4 Å². The first-order valence-electron chi connectivity index (χ1n) is 8.41. The molecule has 3 rings (SSSR count). The van der Waals surface area contributed by atoms with Gasteiger partial charge >= 0.3 is 0 Å². The Morgan fingerprint density at radius 3 is 2.50 bits per heavy atom. The van der Waals surface area contributed by atoms with E-state index in [1.165, 1.54) is 24.1 Å². The van der Waals surface area contributed by atoms with E-state index in [0.717, 1.165) is 11.4 Å². The van der Waals surface area contributed by atoms with Crippen molar-refractivity contribution in [1.29, 1.82) is 0 Å². The monoisotopic (exact) mass is 398 g/mol. The minimum absolute atomic E-state index is 0.0220. The van der Waals surface area contributed by atoms with Crippen LogP contribution in [0, 0.1) is 30.9 Å². The molecule has 0 saturated carbocycles. The number of aromatic nitrogens is 1. The Kier molecular flexibility index (Phi) is 4.86. The largest absolute Gasteiger partial charge is 0.318 e. The molecule has 1 aliphatic rings. The van der Waals surface area contributed by atoms with Crippen molar-refractivity contribution < 1.29 is 14.5 Å². The normalized spacial score (nSPS) is 15.9. The van der Waals surface area contributed by atoms with Crippen molar-refractivity contribution in [3.63, 3.8) is 0 Å². The van der Waals surface area contributed by atoms with Gasteiger partial charge < -0.3 is 4.57 Å². The summed E-state index contributed by atoms with van der Waals surface area (Å²) in [7, 11) is 1.49. The fourth-order valence-corrected chi connectivity index (χ4v) is 3.34. The van der Waals surface area contributed by atoms with Crippen molar-refractivity contribution in [2.45, 2.75) is 20.8 Å². The van der Waals surface area contributed by atoms with E-state index >= 15 is 0 Å². The Balaban J connectivity index is 2.10. The van der Waals surface area contributed by atoms with Crippen molar-refractivity contribution in [1.82, 2.24) is 14.8 Å². The number of carbonyl (C=O) groups is 2. The number of rotatable bonds is 3. The highest BCUT2D eigenvalue weighted by molar-refractivity contribution is 7.80. The number of likely N-dealkylation sites (N-methyl/N-ethyl adjacent to an activating group) is 1. The molecule has 1 saturated heterocycles. The van der Waals surface area contributed by atoms with E-state index in [0.29, 0.717) is 16.8 Å². The van der Waals surface area contributed by atoms with Crippen molar-refractivity contribution in [2.24, 2.45) is 0 Å². The van der Waals surface area contributed by atoms with E-state index in [2.05, 4.69) is 5.32 Å². The molecular formula is C19H18N4O4S. The maximum absolute atomic E-state index is 12.4. The maximum atomic E-state index is 12.4. The van der Waals surface area contributed by atoms with Crippen LogP contribution in [0.5, 0.6) is 0 Å². The third kappa shape index (κ3) is 3.20. The number of carbonyl (C=O) groups excluding carboxylic acids is 2. The van der Waals surface area contributed by atoms with E-state index in [1.54, 1.807) is 19.1 Å². The summed E-state index contributed by atoms with van der Waals surface area (Å²) >= 11 is 4.95. The number of hydrogen-bond donors (Lipinski definition) is 1. The molecule has 1 aromatic carbocycles. The number of nitrogens with zero attached hydrogens (tertiary/aromatic N) is 3. The number of thiocarbonyl (C=S) groups is 1. The van der Waals surface area contributed by atoms with E-state index < -0.39 is 16.7 Å². The Bertz CT molecular complexity index is 1080. The predicted molar refractivity (Wildman–Crippen MR) is 108 cm³/mol. The van der Waals surface area contributed by atoms with Crippen LogP contribution < -0.4 is 5.32 Å². The minimum atomic E-state index is -0.552.